The van der Waals surface area contributed by atoms with Gasteiger partial charge >= 0.3 is 0 Å². The van der Waals surface area contributed by atoms with Crippen molar-refractivity contribution in [3.05, 3.63) is 74.8 Å². The number of allylic oxidation sites excluding steroid dienone is 1. The van der Waals surface area contributed by atoms with Gasteiger partial charge in [-0.15, -0.1) is 0 Å². The molecule has 6 nitrogen and oxygen atoms in total. The Morgan fingerprint density at radius 1 is 1.19 bits per heavy atom. The maximum Gasteiger partial charge on any atom is 0.262 e. The van der Waals surface area contributed by atoms with Crippen LogP contribution in [-0.4, -0.2) is 28.0 Å². The van der Waals surface area contributed by atoms with Gasteiger partial charge in [-0.1, -0.05) is 30.3 Å². The third-order valence-electron chi connectivity index (χ3n) is 4.30. The quantitative estimate of drug-likeness (QED) is 0.679. The largest absolute Gasteiger partial charge is 0.495 e. The summed E-state index contributed by atoms with van der Waals surface area (Å²) in [6.07, 6.45) is 3.27. The number of hydrogen-bond donors (Lipinski definition) is 2. The average molecular weight is 377 g/mol. The number of hydrogen-bond acceptors (Lipinski definition) is 5. The number of nitrogens with one attached hydrogen (secondary N) is 1. The molecule has 134 valence electrons. The first-order valence-electron chi connectivity index (χ1n) is 8.17. The number of ether oxygens (including phenoxy) is 1. The summed E-state index contributed by atoms with van der Waals surface area (Å²) in [5, 5.41) is 10.9. The van der Waals surface area contributed by atoms with Gasteiger partial charge in [-0.05, 0) is 36.5 Å². The predicted molar refractivity (Wildman–Crippen MR) is 108 cm³/mol. The van der Waals surface area contributed by atoms with E-state index in [0.717, 1.165) is 16.8 Å². The van der Waals surface area contributed by atoms with Crippen molar-refractivity contribution in [2.24, 2.45) is 4.99 Å². The van der Waals surface area contributed by atoms with Crippen LogP contribution in [-0.2, 0) is 0 Å². The van der Waals surface area contributed by atoms with Crippen molar-refractivity contribution in [1.82, 2.24) is 9.55 Å². The fourth-order valence-electron chi connectivity index (χ4n) is 3.02. The van der Waals surface area contributed by atoms with E-state index in [4.69, 9.17) is 17.0 Å². The van der Waals surface area contributed by atoms with Crippen LogP contribution in [0.15, 0.2) is 58.3 Å². The summed E-state index contributed by atoms with van der Waals surface area (Å²) in [7, 11) is 1.53. The molecule has 0 radical (unpaired) electrons. The molecule has 0 fully saturated rings. The first-order valence-corrected chi connectivity index (χ1v) is 8.58. The van der Waals surface area contributed by atoms with Gasteiger partial charge in [-0.3, -0.25) is 19.3 Å². The van der Waals surface area contributed by atoms with Gasteiger partial charge in [0.05, 0.1) is 18.5 Å². The molecule has 1 aromatic heterocycles. The molecule has 4 rings (SSSR count). The molecular formula is C20H15N3O3S. The Balaban J connectivity index is 1.95. The Hall–Kier alpha value is -3.45. The molecule has 7 heteroatoms. The Morgan fingerprint density at radius 3 is 2.74 bits per heavy atom. The first-order chi connectivity index (χ1) is 13.1. The van der Waals surface area contributed by atoms with Crippen LogP contribution in [0.25, 0.3) is 17.3 Å². The maximum absolute atomic E-state index is 12.5. The molecule has 0 amide bonds. The summed E-state index contributed by atoms with van der Waals surface area (Å²) in [4.78, 5) is 19.4. The number of aromatic hydroxyl groups is 1. The summed E-state index contributed by atoms with van der Waals surface area (Å²) in [5.74, 6) is 0.251. The molecule has 2 heterocycles. The van der Waals surface area contributed by atoms with Gasteiger partial charge in [0.15, 0.2) is 4.77 Å². The van der Waals surface area contributed by atoms with E-state index in [1.54, 1.807) is 30.5 Å². The van der Waals surface area contributed by atoms with Gasteiger partial charge in [0.2, 0.25) is 5.88 Å². The van der Waals surface area contributed by atoms with E-state index in [1.807, 2.05) is 30.3 Å². The summed E-state index contributed by atoms with van der Waals surface area (Å²) >= 11 is 5.27. The van der Waals surface area contributed by atoms with Crippen molar-refractivity contribution in [1.29, 1.82) is 0 Å². The molecule has 1 aliphatic heterocycles. The van der Waals surface area contributed by atoms with Crippen LogP contribution < -0.4 is 10.3 Å². The molecule has 0 unspecified atom stereocenters. The molecule has 3 aromatic rings. The topological polar surface area (TPSA) is 79.6 Å². The monoisotopic (exact) mass is 377 g/mol. The lowest BCUT2D eigenvalue weighted by atomic mass is 10.1. The third-order valence-corrected chi connectivity index (χ3v) is 4.59. The molecule has 2 aromatic carbocycles. The zero-order valence-corrected chi connectivity index (χ0v) is 15.2. The van der Waals surface area contributed by atoms with Gasteiger partial charge in [-0.25, -0.2) is 0 Å². The number of aromatic nitrogens is 2. The lowest BCUT2D eigenvalue weighted by molar-refractivity contribution is 0.402. The molecule has 0 saturated heterocycles. The fraction of sp³-hybridized carbons (Fsp3) is 0.0500. The van der Waals surface area contributed by atoms with E-state index in [0.29, 0.717) is 11.4 Å². The minimum absolute atomic E-state index is 0.0737. The highest BCUT2D eigenvalue weighted by molar-refractivity contribution is 7.71. The van der Waals surface area contributed by atoms with Crippen molar-refractivity contribution in [3.8, 4) is 17.3 Å². The van der Waals surface area contributed by atoms with Gasteiger partial charge in [0, 0.05) is 17.4 Å². The SMILES string of the molecule is COc1ccccc1-n1c(O)c(/C=C2\C=Nc3ccccc32)c(=O)[nH]c1=S. The number of para-hydroxylation sites is 3. The van der Waals surface area contributed by atoms with Crippen LogP contribution in [0.5, 0.6) is 11.6 Å². The molecule has 0 atom stereocenters. The molecule has 27 heavy (non-hydrogen) atoms. The zero-order chi connectivity index (χ0) is 19.0. The molecule has 0 aliphatic carbocycles. The van der Waals surface area contributed by atoms with Gasteiger partial charge in [-0.2, -0.15) is 0 Å². The Morgan fingerprint density at radius 2 is 1.93 bits per heavy atom. The second-order valence-electron chi connectivity index (χ2n) is 5.88. The van der Waals surface area contributed by atoms with Gasteiger partial charge < -0.3 is 9.84 Å². The van der Waals surface area contributed by atoms with Crippen molar-refractivity contribution in [2.75, 3.05) is 7.11 Å². The molecule has 0 saturated carbocycles. The predicted octanol–water partition coefficient (Wildman–Crippen LogP) is 3.87. The van der Waals surface area contributed by atoms with E-state index < -0.39 is 5.56 Å². The van der Waals surface area contributed by atoms with Crippen LogP contribution in [0.4, 0.5) is 5.69 Å². The van der Waals surface area contributed by atoms with Crippen molar-refractivity contribution < 1.29 is 9.84 Å². The van der Waals surface area contributed by atoms with Crippen LogP contribution in [0.1, 0.15) is 11.1 Å². The summed E-state index contributed by atoms with van der Waals surface area (Å²) in [6.45, 7) is 0. The Labute approximate surface area is 159 Å². The smallest absolute Gasteiger partial charge is 0.262 e. The number of methoxy groups -OCH3 is 1. The third kappa shape index (κ3) is 2.88. The molecule has 2 N–H and O–H groups in total. The van der Waals surface area contributed by atoms with E-state index >= 15 is 0 Å². The summed E-state index contributed by atoms with van der Waals surface area (Å²) in [5.41, 5.74) is 2.58. The molecule has 0 bridgehead atoms. The average Bonchev–Trinajstić information content (AvgIpc) is 3.08. The molecular weight excluding hydrogens is 362 g/mol. The number of benzene rings is 2. The molecule has 1 aliphatic rings. The van der Waals surface area contributed by atoms with E-state index in [2.05, 4.69) is 9.98 Å². The van der Waals surface area contributed by atoms with E-state index in [-0.39, 0.29) is 16.2 Å². The Kier molecular flexibility index (Phi) is 4.21. The summed E-state index contributed by atoms with van der Waals surface area (Å²) < 4.78 is 6.80. The second-order valence-corrected chi connectivity index (χ2v) is 6.27. The lowest BCUT2D eigenvalue weighted by Gasteiger charge is -2.14. The minimum atomic E-state index is -0.478. The van der Waals surface area contributed by atoms with E-state index in [1.165, 1.54) is 11.7 Å². The highest BCUT2D eigenvalue weighted by atomic mass is 32.1. The van der Waals surface area contributed by atoms with Crippen LogP contribution >= 0.6 is 12.2 Å². The van der Waals surface area contributed by atoms with Crippen LogP contribution in [0.2, 0.25) is 0 Å². The number of H-pyrrole nitrogens is 1. The number of aliphatic imine (C=N–C) groups is 1. The fourth-order valence-corrected chi connectivity index (χ4v) is 3.29. The number of fused-ring (bicyclic) bond motifs is 1. The van der Waals surface area contributed by atoms with Crippen LogP contribution in [0, 0.1) is 4.77 Å². The zero-order valence-electron chi connectivity index (χ0n) is 14.3. The van der Waals surface area contributed by atoms with Crippen LogP contribution in [0.3, 0.4) is 0 Å². The van der Waals surface area contributed by atoms with E-state index in [9.17, 15) is 9.90 Å². The van der Waals surface area contributed by atoms with Crippen molar-refractivity contribution >= 4 is 35.8 Å². The maximum atomic E-state index is 12.5. The standard InChI is InChI=1S/C20H15N3O3S/c1-26-17-9-5-4-8-16(17)23-19(25)14(18(24)22-20(23)27)10-12-11-21-15-7-3-2-6-13(12)15/h2-11,25H,1H3,(H,22,24,27)/b12-10+. The summed E-state index contributed by atoms with van der Waals surface area (Å²) in [6, 6.07) is 14.7. The Bertz CT molecular complexity index is 1220. The van der Waals surface area contributed by atoms with Crippen molar-refractivity contribution in [2.45, 2.75) is 0 Å². The van der Waals surface area contributed by atoms with Gasteiger partial charge in [0.25, 0.3) is 5.56 Å². The highest BCUT2D eigenvalue weighted by Crippen LogP contribution is 2.34. The lowest BCUT2D eigenvalue weighted by Crippen LogP contribution is -2.16. The normalized spacial score (nSPS) is 13.7. The van der Waals surface area contributed by atoms with Crippen molar-refractivity contribution in [3.63, 3.8) is 0 Å². The molecule has 0 spiro atoms. The number of nitrogens with zero attached hydrogens (tertiary/aromatic N) is 2. The first kappa shape index (κ1) is 17.0. The van der Waals surface area contributed by atoms with Gasteiger partial charge in [0.1, 0.15) is 11.3 Å². The highest BCUT2D eigenvalue weighted by Gasteiger charge is 2.18. The number of rotatable bonds is 3. The number of aromatic amines is 1. The second kappa shape index (κ2) is 6.69. The minimum Gasteiger partial charge on any atom is -0.495 e.